The van der Waals surface area contributed by atoms with E-state index in [1.807, 2.05) is 0 Å². The zero-order valence-corrected chi connectivity index (χ0v) is 7.72. The van der Waals surface area contributed by atoms with E-state index < -0.39 is 0 Å². The molecule has 1 aliphatic heterocycles. The molecule has 2 fully saturated rings. The fourth-order valence-electron chi connectivity index (χ4n) is 2.24. The fourth-order valence-corrected chi connectivity index (χ4v) is 2.24. The minimum Gasteiger partial charge on any atom is -0.421 e. The van der Waals surface area contributed by atoms with E-state index in [0.717, 1.165) is 12.6 Å². The van der Waals surface area contributed by atoms with Crippen molar-refractivity contribution in [1.29, 1.82) is 0 Å². The Morgan fingerprint density at radius 2 is 1.92 bits per heavy atom. The first-order chi connectivity index (χ1) is 5.95. The van der Waals surface area contributed by atoms with Crippen molar-refractivity contribution in [3.63, 3.8) is 0 Å². The smallest absolute Gasteiger partial charge is 0.379 e. The normalized spacial score (nSPS) is 26.5. The van der Waals surface area contributed by atoms with Gasteiger partial charge in [-0.1, -0.05) is 19.3 Å². The zero-order chi connectivity index (χ0) is 8.23. The monoisotopic (exact) mass is 167 g/mol. The first kappa shape index (κ1) is 8.58. The molecule has 2 aliphatic rings. The average Bonchev–Trinajstić information content (AvgIpc) is 2.59. The second-order valence-corrected chi connectivity index (χ2v) is 4.00. The van der Waals surface area contributed by atoms with Crippen molar-refractivity contribution in [2.75, 3.05) is 6.61 Å². The van der Waals surface area contributed by atoms with E-state index in [9.17, 15) is 0 Å². The highest BCUT2D eigenvalue weighted by Crippen LogP contribution is 2.19. The van der Waals surface area contributed by atoms with Gasteiger partial charge in [-0.15, -0.1) is 0 Å². The molecule has 0 unspecified atom stereocenters. The van der Waals surface area contributed by atoms with E-state index in [4.69, 9.17) is 4.65 Å². The molecule has 0 aromatic rings. The maximum absolute atomic E-state index is 5.54. The summed E-state index contributed by atoms with van der Waals surface area (Å²) in [4.78, 5) is 0. The Bertz CT molecular complexity index is 130. The highest BCUT2D eigenvalue weighted by molar-refractivity contribution is 6.49. The lowest BCUT2D eigenvalue weighted by molar-refractivity contribution is 0.333. The van der Waals surface area contributed by atoms with Crippen molar-refractivity contribution < 1.29 is 4.65 Å². The zero-order valence-electron chi connectivity index (χ0n) is 7.72. The predicted octanol–water partition coefficient (Wildman–Crippen LogP) is 1.82. The Morgan fingerprint density at radius 3 is 2.58 bits per heavy atom. The summed E-state index contributed by atoms with van der Waals surface area (Å²) in [5, 5.41) is 3.60. The van der Waals surface area contributed by atoms with Gasteiger partial charge in [0.15, 0.2) is 0 Å². The largest absolute Gasteiger partial charge is 0.421 e. The summed E-state index contributed by atoms with van der Waals surface area (Å²) in [5.74, 6) is 0. The summed E-state index contributed by atoms with van der Waals surface area (Å²) in [6, 6.07) is 0.752. The number of nitrogens with one attached hydrogen (secondary N) is 1. The third-order valence-corrected chi connectivity index (χ3v) is 2.96. The van der Waals surface area contributed by atoms with E-state index in [1.54, 1.807) is 0 Å². The number of hydrogen-bond acceptors (Lipinski definition) is 2. The van der Waals surface area contributed by atoms with Crippen molar-refractivity contribution in [2.45, 2.75) is 50.9 Å². The van der Waals surface area contributed by atoms with E-state index in [2.05, 4.69) is 5.23 Å². The van der Waals surface area contributed by atoms with Crippen LogP contribution in [0.4, 0.5) is 0 Å². The van der Waals surface area contributed by atoms with Crippen LogP contribution in [-0.4, -0.2) is 19.7 Å². The van der Waals surface area contributed by atoms with Gasteiger partial charge >= 0.3 is 7.05 Å². The molecular weight excluding hydrogens is 149 g/mol. The summed E-state index contributed by atoms with van der Waals surface area (Å²) in [6.07, 6.45) is 9.43. The Hall–Kier alpha value is -0.0151. The molecule has 1 aliphatic carbocycles. The second kappa shape index (κ2) is 4.29. The van der Waals surface area contributed by atoms with Gasteiger partial charge in [-0.3, -0.25) is 0 Å². The molecule has 0 bridgehead atoms. The molecule has 0 atom stereocenters. The first-order valence-electron chi connectivity index (χ1n) is 5.33. The standard InChI is InChI=1S/C9H18BNO/c1-2-5-9(6-3-1)11-10-7-4-8-12-10/h9,11H,1-8H2. The summed E-state index contributed by atoms with van der Waals surface area (Å²) in [7, 11) is 0.382. The maximum Gasteiger partial charge on any atom is 0.379 e. The van der Waals surface area contributed by atoms with E-state index >= 15 is 0 Å². The summed E-state index contributed by atoms with van der Waals surface area (Å²) in [5.41, 5.74) is 0. The molecule has 0 amide bonds. The van der Waals surface area contributed by atoms with Gasteiger partial charge in [-0.25, -0.2) is 0 Å². The van der Waals surface area contributed by atoms with Crippen LogP contribution in [0.15, 0.2) is 0 Å². The predicted molar refractivity (Wildman–Crippen MR) is 51.1 cm³/mol. The van der Waals surface area contributed by atoms with Gasteiger partial charge < -0.3 is 9.88 Å². The summed E-state index contributed by atoms with van der Waals surface area (Å²) in [6.45, 7) is 0.963. The third-order valence-electron chi connectivity index (χ3n) is 2.96. The fraction of sp³-hybridized carbons (Fsp3) is 1.00. The molecule has 68 valence electrons. The molecule has 3 heteroatoms. The molecule has 1 saturated heterocycles. The van der Waals surface area contributed by atoms with E-state index in [1.165, 1.54) is 44.8 Å². The Morgan fingerprint density at radius 1 is 1.08 bits per heavy atom. The minimum atomic E-state index is 0.382. The second-order valence-electron chi connectivity index (χ2n) is 4.00. The molecule has 2 nitrogen and oxygen atoms in total. The highest BCUT2D eigenvalue weighted by Gasteiger charge is 2.25. The van der Waals surface area contributed by atoms with Crippen molar-refractivity contribution in [1.82, 2.24) is 5.23 Å². The lowest BCUT2D eigenvalue weighted by Gasteiger charge is -2.24. The molecule has 1 saturated carbocycles. The van der Waals surface area contributed by atoms with Crippen LogP contribution in [0.3, 0.4) is 0 Å². The molecule has 12 heavy (non-hydrogen) atoms. The van der Waals surface area contributed by atoms with Crippen LogP contribution >= 0.6 is 0 Å². The van der Waals surface area contributed by atoms with Gasteiger partial charge in [0.2, 0.25) is 0 Å². The van der Waals surface area contributed by atoms with Crippen LogP contribution in [0.1, 0.15) is 38.5 Å². The van der Waals surface area contributed by atoms with Crippen LogP contribution in [0.5, 0.6) is 0 Å². The Balaban J connectivity index is 1.69. The highest BCUT2D eigenvalue weighted by atomic mass is 16.4. The molecule has 1 heterocycles. The number of hydrogen-bond donors (Lipinski definition) is 1. The maximum atomic E-state index is 5.54. The van der Waals surface area contributed by atoms with Crippen LogP contribution < -0.4 is 5.23 Å². The van der Waals surface area contributed by atoms with Gasteiger partial charge in [-0.05, 0) is 31.6 Å². The van der Waals surface area contributed by atoms with Crippen LogP contribution in [-0.2, 0) is 4.65 Å². The number of rotatable bonds is 2. The van der Waals surface area contributed by atoms with Crippen LogP contribution in [0.25, 0.3) is 0 Å². The molecule has 0 spiro atoms. The summed E-state index contributed by atoms with van der Waals surface area (Å²) < 4.78 is 5.54. The van der Waals surface area contributed by atoms with Crippen molar-refractivity contribution in [2.24, 2.45) is 0 Å². The van der Waals surface area contributed by atoms with Crippen LogP contribution in [0.2, 0.25) is 6.32 Å². The molecule has 0 aromatic heterocycles. The lowest BCUT2D eigenvalue weighted by Crippen LogP contribution is -2.42. The van der Waals surface area contributed by atoms with Crippen molar-refractivity contribution in [3.8, 4) is 0 Å². The quantitative estimate of drug-likeness (QED) is 0.633. The van der Waals surface area contributed by atoms with Crippen LogP contribution in [0, 0.1) is 0 Å². The molecule has 0 aromatic carbocycles. The minimum absolute atomic E-state index is 0.382. The Kier molecular flexibility index (Phi) is 3.06. The topological polar surface area (TPSA) is 21.3 Å². The van der Waals surface area contributed by atoms with Gasteiger partial charge in [0.25, 0.3) is 0 Å². The van der Waals surface area contributed by atoms with Crippen molar-refractivity contribution >= 4 is 7.05 Å². The molecule has 0 radical (unpaired) electrons. The van der Waals surface area contributed by atoms with E-state index in [-0.39, 0.29) is 0 Å². The lowest BCUT2D eigenvalue weighted by atomic mass is 9.77. The van der Waals surface area contributed by atoms with Gasteiger partial charge in [0, 0.05) is 6.61 Å². The average molecular weight is 167 g/mol. The first-order valence-corrected chi connectivity index (χ1v) is 5.33. The van der Waals surface area contributed by atoms with Gasteiger partial charge in [-0.2, -0.15) is 0 Å². The van der Waals surface area contributed by atoms with Gasteiger partial charge in [0.05, 0.1) is 0 Å². The summed E-state index contributed by atoms with van der Waals surface area (Å²) >= 11 is 0. The molecular formula is C9H18BNO. The van der Waals surface area contributed by atoms with Gasteiger partial charge in [0.1, 0.15) is 0 Å². The molecule has 1 N–H and O–H groups in total. The third kappa shape index (κ3) is 2.24. The SMILES string of the molecule is C1CCC(NB2CCCO2)CC1. The van der Waals surface area contributed by atoms with E-state index in [0.29, 0.717) is 7.05 Å². The van der Waals surface area contributed by atoms with Crippen molar-refractivity contribution in [3.05, 3.63) is 0 Å². The Labute approximate surface area is 75.2 Å². The molecule has 2 rings (SSSR count).